The lowest BCUT2D eigenvalue weighted by Crippen LogP contribution is -2.36. The Morgan fingerprint density at radius 3 is 2.62 bits per heavy atom. The summed E-state index contributed by atoms with van der Waals surface area (Å²) in [5.74, 6) is 1.39. The normalized spacial score (nSPS) is 24.4. The molecule has 2 fully saturated rings. The van der Waals surface area contributed by atoms with Gasteiger partial charge in [-0.15, -0.1) is 0 Å². The summed E-state index contributed by atoms with van der Waals surface area (Å²) < 4.78 is 23.1. The Bertz CT molecular complexity index is 824. The third kappa shape index (κ3) is 3.98. The quantitative estimate of drug-likeness (QED) is 0.423. The van der Waals surface area contributed by atoms with Gasteiger partial charge in [0.05, 0.1) is 9.82 Å². The zero-order valence-electron chi connectivity index (χ0n) is 14.6. The highest BCUT2D eigenvalue weighted by molar-refractivity contribution is 7.90. The molecular weight excluding hydrogens is 358 g/mol. The lowest BCUT2D eigenvalue weighted by atomic mass is 9.88. The number of carbonyl (C=O) groups is 1. The molecule has 0 heterocycles. The summed E-state index contributed by atoms with van der Waals surface area (Å²) >= 11 is 0. The Morgan fingerprint density at radius 1 is 1.27 bits per heavy atom. The molecule has 142 valence electrons. The maximum atomic E-state index is 12.3. The van der Waals surface area contributed by atoms with Crippen molar-refractivity contribution in [3.63, 3.8) is 0 Å². The summed E-state index contributed by atoms with van der Waals surface area (Å²) in [5, 5.41) is 17.0. The van der Waals surface area contributed by atoms with Crippen molar-refractivity contribution in [1.82, 2.24) is 5.32 Å². The van der Waals surface area contributed by atoms with Gasteiger partial charge in [0.1, 0.15) is 5.69 Å². The molecule has 8 nitrogen and oxygen atoms in total. The van der Waals surface area contributed by atoms with E-state index in [0.717, 1.165) is 31.6 Å². The van der Waals surface area contributed by atoms with Gasteiger partial charge < -0.3 is 10.6 Å². The molecule has 2 aliphatic carbocycles. The summed E-state index contributed by atoms with van der Waals surface area (Å²) in [6, 6.07) is 3.76. The summed E-state index contributed by atoms with van der Waals surface area (Å²) in [4.78, 5) is 22.7. The minimum Gasteiger partial charge on any atom is -0.378 e. The standard InChI is InChI=1S/C17H23N3O5S/c1-26(24,25)13-4-5-15(16(10-13)20(22)23)18-6-7-19-17(21)14-9-11-2-3-12(14)8-11/h4-5,10-12,14,18H,2-3,6-9H2,1H3,(H,19,21). The predicted molar refractivity (Wildman–Crippen MR) is 96.6 cm³/mol. The molecule has 3 atom stereocenters. The number of nitrogens with zero attached hydrogens (tertiary/aromatic N) is 1. The maximum Gasteiger partial charge on any atom is 0.293 e. The number of hydrogen-bond donors (Lipinski definition) is 2. The van der Waals surface area contributed by atoms with Crippen molar-refractivity contribution in [2.45, 2.75) is 30.6 Å². The maximum absolute atomic E-state index is 12.3. The van der Waals surface area contributed by atoms with Crippen molar-refractivity contribution < 1.29 is 18.1 Å². The van der Waals surface area contributed by atoms with Crippen LogP contribution >= 0.6 is 0 Å². The second-order valence-electron chi connectivity index (χ2n) is 7.21. The molecule has 3 rings (SSSR count). The Balaban J connectivity index is 1.54. The van der Waals surface area contributed by atoms with Crippen LogP contribution in [-0.4, -0.2) is 38.6 Å². The molecule has 9 heteroatoms. The van der Waals surface area contributed by atoms with E-state index in [2.05, 4.69) is 10.6 Å². The first kappa shape index (κ1) is 18.6. The number of sulfone groups is 1. The molecule has 2 N–H and O–H groups in total. The fourth-order valence-electron chi connectivity index (χ4n) is 4.12. The van der Waals surface area contributed by atoms with Gasteiger partial charge in [-0.2, -0.15) is 0 Å². The number of hydrogen-bond acceptors (Lipinski definition) is 6. The zero-order valence-corrected chi connectivity index (χ0v) is 15.4. The Kier molecular flexibility index (Phi) is 5.17. The molecule has 0 aliphatic heterocycles. The third-order valence-corrected chi connectivity index (χ3v) is 6.52. The molecule has 2 bridgehead atoms. The summed E-state index contributed by atoms with van der Waals surface area (Å²) in [6.45, 7) is 0.684. The highest BCUT2D eigenvalue weighted by atomic mass is 32.2. The number of anilines is 1. The van der Waals surface area contributed by atoms with Gasteiger partial charge in [0, 0.05) is 31.3 Å². The van der Waals surface area contributed by atoms with Crippen LogP contribution in [0.4, 0.5) is 11.4 Å². The van der Waals surface area contributed by atoms with Crippen molar-refractivity contribution in [2.75, 3.05) is 24.7 Å². The lowest BCUT2D eigenvalue weighted by molar-refractivity contribution is -0.384. The van der Waals surface area contributed by atoms with E-state index in [0.29, 0.717) is 24.9 Å². The van der Waals surface area contributed by atoms with Crippen molar-refractivity contribution in [1.29, 1.82) is 0 Å². The number of benzene rings is 1. The van der Waals surface area contributed by atoms with E-state index >= 15 is 0 Å². The van der Waals surface area contributed by atoms with Gasteiger partial charge in [-0.3, -0.25) is 14.9 Å². The Morgan fingerprint density at radius 2 is 2.04 bits per heavy atom. The first-order chi connectivity index (χ1) is 12.3. The van der Waals surface area contributed by atoms with Gasteiger partial charge in [-0.25, -0.2) is 8.42 Å². The molecule has 3 unspecified atom stereocenters. The van der Waals surface area contributed by atoms with Crippen LogP contribution in [0.25, 0.3) is 0 Å². The average Bonchev–Trinajstić information content (AvgIpc) is 3.20. The number of nitro benzene ring substituents is 1. The van der Waals surface area contributed by atoms with Gasteiger partial charge in [-0.1, -0.05) is 6.42 Å². The molecule has 26 heavy (non-hydrogen) atoms. The Hall–Kier alpha value is -2.16. The third-order valence-electron chi connectivity index (χ3n) is 5.41. The Labute approximate surface area is 152 Å². The SMILES string of the molecule is CS(=O)(=O)c1ccc(NCCNC(=O)C2CC3CCC2C3)c([N+](=O)[O-])c1. The number of carbonyl (C=O) groups excluding carboxylic acids is 1. The molecule has 1 aromatic rings. The molecule has 0 radical (unpaired) electrons. The molecular formula is C17H23N3O5S. The second-order valence-corrected chi connectivity index (χ2v) is 9.22. The van der Waals surface area contributed by atoms with Crippen LogP contribution in [0.2, 0.25) is 0 Å². The van der Waals surface area contributed by atoms with Crippen molar-refractivity contribution >= 4 is 27.1 Å². The first-order valence-electron chi connectivity index (χ1n) is 8.76. The summed E-state index contributed by atoms with van der Waals surface area (Å²) in [7, 11) is -3.52. The second kappa shape index (κ2) is 7.22. The lowest BCUT2D eigenvalue weighted by Gasteiger charge is -2.20. The number of nitro groups is 1. The molecule has 0 aromatic heterocycles. The van der Waals surface area contributed by atoms with Gasteiger partial charge in [-0.05, 0) is 43.2 Å². The van der Waals surface area contributed by atoms with E-state index in [1.807, 2.05) is 0 Å². The molecule has 1 aromatic carbocycles. The first-order valence-corrected chi connectivity index (χ1v) is 10.6. The molecule has 1 amide bonds. The highest BCUT2D eigenvalue weighted by Crippen LogP contribution is 2.48. The van der Waals surface area contributed by atoms with Crippen molar-refractivity contribution in [3.05, 3.63) is 28.3 Å². The van der Waals surface area contributed by atoms with Crippen LogP contribution in [0.3, 0.4) is 0 Å². The number of nitrogens with one attached hydrogen (secondary N) is 2. The molecule has 0 spiro atoms. The predicted octanol–water partition coefficient (Wildman–Crippen LogP) is 1.96. The van der Waals surface area contributed by atoms with Gasteiger partial charge in [0.15, 0.2) is 9.84 Å². The van der Waals surface area contributed by atoms with E-state index in [1.165, 1.54) is 18.6 Å². The van der Waals surface area contributed by atoms with E-state index in [4.69, 9.17) is 0 Å². The highest BCUT2D eigenvalue weighted by Gasteiger charge is 2.42. The van der Waals surface area contributed by atoms with Crippen molar-refractivity contribution in [2.24, 2.45) is 17.8 Å². The van der Waals surface area contributed by atoms with Crippen molar-refractivity contribution in [3.8, 4) is 0 Å². The molecule has 0 saturated heterocycles. The van der Waals surface area contributed by atoms with Gasteiger partial charge >= 0.3 is 0 Å². The number of fused-ring (bicyclic) bond motifs is 2. The summed E-state index contributed by atoms with van der Waals surface area (Å²) in [5.41, 5.74) is -0.0658. The van der Waals surface area contributed by atoms with Crippen LogP contribution in [0.15, 0.2) is 23.1 Å². The van der Waals surface area contributed by atoms with Crippen LogP contribution < -0.4 is 10.6 Å². The van der Waals surface area contributed by atoms with Crippen LogP contribution in [0.1, 0.15) is 25.7 Å². The van der Waals surface area contributed by atoms with E-state index in [9.17, 15) is 23.3 Å². The fraction of sp³-hybridized carbons (Fsp3) is 0.588. The zero-order chi connectivity index (χ0) is 18.9. The van der Waals surface area contributed by atoms with E-state index in [-0.39, 0.29) is 28.1 Å². The minimum absolute atomic E-state index is 0.0703. The number of amides is 1. The number of rotatable bonds is 7. The van der Waals surface area contributed by atoms with Crippen LogP contribution in [0.5, 0.6) is 0 Å². The minimum atomic E-state index is -3.52. The smallest absolute Gasteiger partial charge is 0.293 e. The van der Waals surface area contributed by atoms with E-state index < -0.39 is 14.8 Å². The monoisotopic (exact) mass is 381 g/mol. The van der Waals surface area contributed by atoms with Crippen LogP contribution in [0, 0.1) is 27.9 Å². The average molecular weight is 381 g/mol. The van der Waals surface area contributed by atoms with Gasteiger partial charge in [0.2, 0.25) is 5.91 Å². The summed E-state index contributed by atoms with van der Waals surface area (Å²) in [6.07, 6.45) is 5.52. The topological polar surface area (TPSA) is 118 Å². The molecule has 2 aliphatic rings. The van der Waals surface area contributed by atoms with E-state index in [1.54, 1.807) is 0 Å². The fourth-order valence-corrected chi connectivity index (χ4v) is 4.76. The van der Waals surface area contributed by atoms with Crippen LogP contribution in [-0.2, 0) is 14.6 Å². The molecule has 2 saturated carbocycles. The van der Waals surface area contributed by atoms with Gasteiger partial charge in [0.25, 0.3) is 5.69 Å². The largest absolute Gasteiger partial charge is 0.378 e.